The van der Waals surface area contributed by atoms with Gasteiger partial charge in [0.05, 0.1) is 6.54 Å². The van der Waals surface area contributed by atoms with Crippen LogP contribution in [0.3, 0.4) is 0 Å². The normalized spacial score (nSPS) is 10.9. The zero-order valence-electron chi connectivity index (χ0n) is 15.8. The molecule has 0 unspecified atom stereocenters. The summed E-state index contributed by atoms with van der Waals surface area (Å²) >= 11 is 3.50. The maximum Gasteiger partial charge on any atom is 0.224 e. The minimum atomic E-state index is 0. The smallest absolute Gasteiger partial charge is 0.224 e. The molecule has 0 atom stereocenters. The molecule has 0 radical (unpaired) electrons. The molecule has 0 aliphatic carbocycles. The van der Waals surface area contributed by atoms with Crippen molar-refractivity contribution in [1.29, 1.82) is 0 Å². The molecule has 2 aromatic carbocycles. The van der Waals surface area contributed by atoms with Crippen LogP contribution in [0.2, 0.25) is 0 Å². The number of aliphatic imine (C=N–C) groups is 1. The first-order valence-corrected chi connectivity index (χ1v) is 9.27. The lowest BCUT2D eigenvalue weighted by molar-refractivity contribution is -0.130. The number of benzene rings is 2. The number of carbonyl (C=O) groups excluding carboxylic acids is 1. The second-order valence-corrected chi connectivity index (χ2v) is 7.14. The molecule has 0 aliphatic heterocycles. The first-order valence-electron chi connectivity index (χ1n) is 8.48. The fourth-order valence-electron chi connectivity index (χ4n) is 2.44. The number of hydrogen-bond donors (Lipinski definition) is 2. The van der Waals surface area contributed by atoms with Crippen LogP contribution in [-0.2, 0) is 11.3 Å². The molecule has 7 heteroatoms. The van der Waals surface area contributed by atoms with Gasteiger partial charge in [-0.2, -0.15) is 0 Å². The van der Waals surface area contributed by atoms with Gasteiger partial charge in [-0.25, -0.2) is 0 Å². The Morgan fingerprint density at radius 3 is 2.56 bits per heavy atom. The standard InChI is InChI=1S/C20H25BrN4O.HI/c1-14-8-9-17(12-15(14)2)24-20(22)23-11-10-19(26)25(3)13-16-6-4-5-7-18(16)21;/h4-9,12H,10-11,13H2,1-3H3,(H3,22,23,24);1H. The van der Waals surface area contributed by atoms with Crippen LogP contribution >= 0.6 is 39.9 Å². The molecule has 0 bridgehead atoms. The van der Waals surface area contributed by atoms with Crippen LogP contribution in [0.25, 0.3) is 0 Å². The van der Waals surface area contributed by atoms with Crippen LogP contribution in [0.5, 0.6) is 0 Å². The van der Waals surface area contributed by atoms with Gasteiger partial charge in [0.2, 0.25) is 5.91 Å². The molecule has 0 spiro atoms. The van der Waals surface area contributed by atoms with Crippen molar-refractivity contribution in [3.05, 3.63) is 63.6 Å². The lowest BCUT2D eigenvalue weighted by Gasteiger charge is -2.17. The summed E-state index contributed by atoms with van der Waals surface area (Å²) in [4.78, 5) is 18.2. The zero-order chi connectivity index (χ0) is 19.1. The fraction of sp³-hybridized carbons (Fsp3) is 0.300. The molecule has 0 saturated carbocycles. The van der Waals surface area contributed by atoms with Gasteiger partial charge in [0.15, 0.2) is 5.96 Å². The third-order valence-electron chi connectivity index (χ3n) is 4.18. The van der Waals surface area contributed by atoms with Crippen molar-refractivity contribution in [2.45, 2.75) is 26.8 Å². The van der Waals surface area contributed by atoms with Crippen molar-refractivity contribution in [3.63, 3.8) is 0 Å². The summed E-state index contributed by atoms with van der Waals surface area (Å²) in [6.07, 6.45) is 0.316. The van der Waals surface area contributed by atoms with Crippen LogP contribution < -0.4 is 11.1 Å². The number of nitrogens with one attached hydrogen (secondary N) is 1. The Labute approximate surface area is 186 Å². The highest BCUT2D eigenvalue weighted by Crippen LogP contribution is 2.17. The number of anilines is 1. The highest BCUT2D eigenvalue weighted by atomic mass is 127. The van der Waals surface area contributed by atoms with Crippen molar-refractivity contribution < 1.29 is 4.79 Å². The topological polar surface area (TPSA) is 70.7 Å². The molecule has 2 rings (SSSR count). The second-order valence-electron chi connectivity index (χ2n) is 6.28. The number of nitrogens with zero attached hydrogens (tertiary/aromatic N) is 2. The van der Waals surface area contributed by atoms with E-state index >= 15 is 0 Å². The molecule has 5 nitrogen and oxygen atoms in total. The van der Waals surface area contributed by atoms with Gasteiger partial charge in [0, 0.05) is 30.2 Å². The number of hydrogen-bond acceptors (Lipinski definition) is 2. The van der Waals surface area contributed by atoms with E-state index in [1.165, 1.54) is 11.1 Å². The Kier molecular flexibility index (Phi) is 9.79. The second kappa shape index (κ2) is 11.3. The Bertz CT molecular complexity index is 810. The number of carbonyl (C=O) groups is 1. The lowest BCUT2D eigenvalue weighted by atomic mass is 10.1. The third kappa shape index (κ3) is 7.50. The van der Waals surface area contributed by atoms with Crippen molar-refractivity contribution in [2.24, 2.45) is 10.7 Å². The number of guanidine groups is 1. The maximum atomic E-state index is 12.3. The van der Waals surface area contributed by atoms with Gasteiger partial charge in [0.1, 0.15) is 0 Å². The summed E-state index contributed by atoms with van der Waals surface area (Å²) in [5, 5.41) is 3.06. The third-order valence-corrected chi connectivity index (χ3v) is 4.95. The van der Waals surface area contributed by atoms with E-state index in [1.54, 1.807) is 11.9 Å². The first kappa shape index (κ1) is 23.4. The van der Waals surface area contributed by atoms with Crippen molar-refractivity contribution in [3.8, 4) is 0 Å². The predicted octanol–water partition coefficient (Wildman–Crippen LogP) is 4.46. The molecule has 27 heavy (non-hydrogen) atoms. The molecule has 0 heterocycles. The minimum Gasteiger partial charge on any atom is -0.370 e. The van der Waals surface area contributed by atoms with Gasteiger partial charge in [0.25, 0.3) is 0 Å². The Balaban J connectivity index is 0.00000364. The predicted molar refractivity (Wildman–Crippen MR) is 127 cm³/mol. The molecule has 1 amide bonds. The van der Waals surface area contributed by atoms with E-state index in [9.17, 15) is 4.79 Å². The molecular formula is C20H26BrIN4O. The van der Waals surface area contributed by atoms with Gasteiger partial charge >= 0.3 is 0 Å². The van der Waals surface area contributed by atoms with Crippen LogP contribution in [-0.4, -0.2) is 30.4 Å². The SMILES string of the molecule is Cc1ccc(NC(N)=NCCC(=O)N(C)Cc2ccccc2Br)cc1C.I. The molecular weight excluding hydrogens is 519 g/mol. The minimum absolute atomic E-state index is 0. The quantitative estimate of drug-likeness (QED) is 0.320. The highest BCUT2D eigenvalue weighted by Gasteiger charge is 2.10. The van der Waals surface area contributed by atoms with Gasteiger partial charge in [-0.3, -0.25) is 9.79 Å². The van der Waals surface area contributed by atoms with E-state index < -0.39 is 0 Å². The van der Waals surface area contributed by atoms with Crippen LogP contribution in [0.4, 0.5) is 5.69 Å². The largest absolute Gasteiger partial charge is 0.370 e. The van der Waals surface area contributed by atoms with E-state index in [-0.39, 0.29) is 29.9 Å². The van der Waals surface area contributed by atoms with Crippen LogP contribution in [0.15, 0.2) is 51.9 Å². The summed E-state index contributed by atoms with van der Waals surface area (Å²) in [5.41, 5.74) is 10.3. The summed E-state index contributed by atoms with van der Waals surface area (Å²) in [5.74, 6) is 0.345. The fourth-order valence-corrected chi connectivity index (χ4v) is 2.85. The Hall–Kier alpha value is -1.61. The summed E-state index contributed by atoms with van der Waals surface area (Å²) < 4.78 is 1.000. The van der Waals surface area contributed by atoms with Gasteiger partial charge < -0.3 is 16.0 Å². The van der Waals surface area contributed by atoms with E-state index in [2.05, 4.69) is 33.2 Å². The first-order chi connectivity index (χ1) is 12.4. The zero-order valence-corrected chi connectivity index (χ0v) is 19.7. The number of aryl methyl sites for hydroxylation is 2. The summed E-state index contributed by atoms with van der Waals surface area (Å²) in [7, 11) is 1.79. The molecule has 2 aromatic rings. The van der Waals surface area contributed by atoms with Crippen molar-refractivity contribution >= 4 is 57.5 Å². The molecule has 3 N–H and O–H groups in total. The van der Waals surface area contributed by atoms with Crippen molar-refractivity contribution in [2.75, 3.05) is 18.9 Å². The molecule has 0 saturated heterocycles. The van der Waals surface area contributed by atoms with Gasteiger partial charge in [-0.1, -0.05) is 40.2 Å². The molecule has 146 valence electrons. The number of halogens is 2. The van der Waals surface area contributed by atoms with Crippen molar-refractivity contribution in [1.82, 2.24) is 4.90 Å². The van der Waals surface area contributed by atoms with E-state index in [0.29, 0.717) is 25.5 Å². The van der Waals surface area contributed by atoms with Gasteiger partial charge in [-0.05, 0) is 48.7 Å². The molecule has 0 aromatic heterocycles. The lowest BCUT2D eigenvalue weighted by Crippen LogP contribution is -2.28. The summed E-state index contributed by atoms with van der Waals surface area (Å²) in [6.45, 7) is 5.02. The Morgan fingerprint density at radius 1 is 1.19 bits per heavy atom. The number of rotatable bonds is 6. The van der Waals surface area contributed by atoms with Gasteiger partial charge in [-0.15, -0.1) is 24.0 Å². The highest BCUT2D eigenvalue weighted by molar-refractivity contribution is 14.0. The molecule has 0 aliphatic rings. The average Bonchev–Trinajstić information content (AvgIpc) is 2.60. The van der Waals surface area contributed by atoms with E-state index in [4.69, 9.17) is 5.73 Å². The number of amides is 1. The number of nitrogens with two attached hydrogens (primary N) is 1. The monoisotopic (exact) mass is 544 g/mol. The maximum absolute atomic E-state index is 12.3. The summed E-state index contributed by atoms with van der Waals surface area (Å²) in [6, 6.07) is 13.9. The average molecular weight is 545 g/mol. The molecule has 0 fully saturated rings. The van der Waals surface area contributed by atoms with E-state index in [0.717, 1.165) is 15.7 Å². The van der Waals surface area contributed by atoms with Crippen LogP contribution in [0.1, 0.15) is 23.1 Å². The van der Waals surface area contributed by atoms with E-state index in [1.807, 2.05) is 49.4 Å². The Morgan fingerprint density at radius 2 is 1.89 bits per heavy atom. The van der Waals surface area contributed by atoms with Crippen LogP contribution in [0, 0.1) is 13.8 Å².